The molecule has 3 rings (SSSR count). The van der Waals surface area contributed by atoms with Gasteiger partial charge in [-0.1, -0.05) is 6.07 Å². The van der Waals surface area contributed by atoms with Gasteiger partial charge in [-0.2, -0.15) is 0 Å². The van der Waals surface area contributed by atoms with Crippen LogP contribution in [0.1, 0.15) is 26.3 Å². The average molecular weight is 535 g/mol. The van der Waals surface area contributed by atoms with Crippen molar-refractivity contribution in [2.24, 2.45) is 10.7 Å². The third-order valence-corrected chi connectivity index (χ3v) is 5.64. The number of halogens is 1. The zero-order valence-electron chi connectivity index (χ0n) is 22.7. The third kappa shape index (κ3) is 8.89. The van der Waals surface area contributed by atoms with Gasteiger partial charge in [-0.3, -0.25) is 14.8 Å². The summed E-state index contributed by atoms with van der Waals surface area (Å²) in [5, 5.41) is 6.45. The van der Waals surface area contributed by atoms with Gasteiger partial charge in [0.05, 0.1) is 29.7 Å². The van der Waals surface area contributed by atoms with E-state index in [1.165, 1.54) is 24.5 Å². The van der Waals surface area contributed by atoms with Crippen LogP contribution in [0.25, 0.3) is 10.9 Å². The number of carbonyl (C=O) groups is 2. The van der Waals surface area contributed by atoms with E-state index in [4.69, 9.17) is 10.5 Å². The van der Waals surface area contributed by atoms with Crippen LogP contribution in [-0.2, 0) is 16.0 Å². The summed E-state index contributed by atoms with van der Waals surface area (Å²) in [6, 6.07) is 11.9. The molecule has 1 heterocycles. The number of aromatic nitrogens is 1. The number of benzene rings is 2. The van der Waals surface area contributed by atoms with Gasteiger partial charge >= 0.3 is 0 Å². The van der Waals surface area contributed by atoms with Gasteiger partial charge in [0.15, 0.2) is 0 Å². The van der Waals surface area contributed by atoms with Crippen molar-refractivity contribution in [3.8, 4) is 11.5 Å². The number of fused-ring (bicyclic) bond motifs is 1. The number of carbonyl (C=O) groups excluding carboxylic acids is 2. The molecule has 0 atom stereocenters. The molecule has 1 aromatic heterocycles. The van der Waals surface area contributed by atoms with E-state index in [-0.39, 0.29) is 17.5 Å². The molecular weight excluding hydrogens is 499 g/mol. The highest BCUT2D eigenvalue weighted by Crippen LogP contribution is 2.32. The summed E-state index contributed by atoms with van der Waals surface area (Å²) in [6.07, 6.45) is 5.01. The van der Waals surface area contributed by atoms with Crippen molar-refractivity contribution in [1.29, 1.82) is 0 Å². The standard InChI is InChI=1S/C29H35FN6O3/c1-29(2,3)34-19-21(18-31)35-28(38)15-20-5-7-23(17-25(20)30)39-27-9-10-33-26-8-6-22(16-24(26)27)36(4)13-11-32-12-14-37/h5-10,14,16-19,32H,11-13,15,31H2,1-4H3,(H,35,38)/b21-18+,34-19?. The molecular formula is C29H35FN6O3. The number of anilines is 1. The molecule has 4 N–H and O–H groups in total. The fourth-order valence-corrected chi connectivity index (χ4v) is 3.59. The number of allylic oxidation sites excluding steroid dienone is 1. The maximum Gasteiger partial charge on any atom is 0.228 e. The molecule has 9 nitrogen and oxygen atoms in total. The van der Waals surface area contributed by atoms with Crippen LogP contribution < -0.4 is 26.0 Å². The minimum Gasteiger partial charge on any atom is -0.456 e. The maximum atomic E-state index is 14.9. The van der Waals surface area contributed by atoms with Crippen molar-refractivity contribution in [2.75, 3.05) is 31.6 Å². The Morgan fingerprint density at radius 1 is 1.21 bits per heavy atom. The van der Waals surface area contributed by atoms with Crippen LogP contribution in [-0.4, -0.2) is 55.6 Å². The van der Waals surface area contributed by atoms with Crippen molar-refractivity contribution < 1.29 is 18.7 Å². The van der Waals surface area contributed by atoms with Gasteiger partial charge in [0.1, 0.15) is 23.6 Å². The van der Waals surface area contributed by atoms with E-state index in [0.29, 0.717) is 36.8 Å². The smallest absolute Gasteiger partial charge is 0.228 e. The molecule has 0 saturated carbocycles. The molecule has 10 heteroatoms. The van der Waals surface area contributed by atoms with Crippen molar-refractivity contribution >= 4 is 35.0 Å². The number of ether oxygens (including phenoxy) is 1. The number of nitrogens with two attached hydrogens (primary N) is 1. The second kappa shape index (κ2) is 13.5. The van der Waals surface area contributed by atoms with Crippen LogP contribution in [0.15, 0.2) is 65.6 Å². The predicted octanol–water partition coefficient (Wildman–Crippen LogP) is 3.72. The van der Waals surface area contributed by atoms with E-state index in [1.807, 2.05) is 50.9 Å². The molecule has 206 valence electrons. The summed E-state index contributed by atoms with van der Waals surface area (Å²) in [4.78, 5) is 33.7. The molecule has 0 aliphatic heterocycles. The molecule has 0 saturated heterocycles. The third-order valence-electron chi connectivity index (χ3n) is 5.64. The highest BCUT2D eigenvalue weighted by molar-refractivity contribution is 5.89. The van der Waals surface area contributed by atoms with Crippen molar-refractivity contribution in [2.45, 2.75) is 32.7 Å². The summed E-state index contributed by atoms with van der Waals surface area (Å²) < 4.78 is 21.0. The van der Waals surface area contributed by atoms with Gasteiger partial charge in [0.25, 0.3) is 0 Å². The lowest BCUT2D eigenvalue weighted by molar-refractivity contribution is -0.119. The lowest BCUT2D eigenvalue weighted by atomic mass is 10.1. The summed E-state index contributed by atoms with van der Waals surface area (Å²) in [5.74, 6) is -0.167. The van der Waals surface area contributed by atoms with Crippen molar-refractivity contribution in [3.63, 3.8) is 0 Å². The number of likely N-dealkylation sites (N-methyl/N-ethyl adjacent to an activating group) is 1. The first-order valence-corrected chi connectivity index (χ1v) is 12.6. The Kier molecular flexibility index (Phi) is 10.1. The zero-order chi connectivity index (χ0) is 28.4. The van der Waals surface area contributed by atoms with Crippen LogP contribution >= 0.6 is 0 Å². The zero-order valence-corrected chi connectivity index (χ0v) is 22.7. The molecule has 3 aromatic rings. The van der Waals surface area contributed by atoms with E-state index in [0.717, 1.165) is 22.9 Å². The van der Waals surface area contributed by atoms with Crippen LogP contribution in [0.2, 0.25) is 0 Å². The van der Waals surface area contributed by atoms with E-state index in [1.54, 1.807) is 18.3 Å². The molecule has 1 amide bonds. The van der Waals surface area contributed by atoms with Crippen LogP contribution in [0.5, 0.6) is 11.5 Å². The SMILES string of the molecule is CN(CCNCC=O)c1ccc2nccc(Oc3ccc(CC(=O)N/C(C=NC(C)(C)C)=C/N)c(F)c3)c2c1. The van der Waals surface area contributed by atoms with Crippen LogP contribution in [0.3, 0.4) is 0 Å². The van der Waals surface area contributed by atoms with Gasteiger partial charge in [-0.05, 0) is 56.7 Å². The quantitative estimate of drug-likeness (QED) is 0.184. The number of aldehydes is 1. The van der Waals surface area contributed by atoms with Gasteiger partial charge in [0.2, 0.25) is 5.91 Å². The first-order chi connectivity index (χ1) is 18.6. The Morgan fingerprint density at radius 3 is 2.69 bits per heavy atom. The number of hydrogen-bond acceptors (Lipinski definition) is 8. The fraction of sp³-hybridized carbons (Fsp3) is 0.310. The molecule has 0 fully saturated rings. The molecule has 39 heavy (non-hydrogen) atoms. The second-order valence-corrected chi connectivity index (χ2v) is 9.93. The molecule has 0 spiro atoms. The molecule has 0 unspecified atom stereocenters. The highest BCUT2D eigenvalue weighted by Gasteiger charge is 2.13. The minimum atomic E-state index is -0.564. The summed E-state index contributed by atoms with van der Waals surface area (Å²) in [5.41, 5.74) is 7.49. The largest absolute Gasteiger partial charge is 0.456 e. The molecule has 0 radical (unpaired) electrons. The Morgan fingerprint density at radius 2 is 2.00 bits per heavy atom. The Labute approximate surface area is 228 Å². The van der Waals surface area contributed by atoms with Gasteiger partial charge in [0, 0.05) is 55.9 Å². The second-order valence-electron chi connectivity index (χ2n) is 9.93. The monoisotopic (exact) mass is 534 g/mol. The van der Waals surface area contributed by atoms with E-state index in [9.17, 15) is 14.0 Å². The molecule has 2 aromatic carbocycles. The first kappa shape index (κ1) is 29.2. The molecule has 0 aliphatic carbocycles. The number of nitrogens with one attached hydrogen (secondary N) is 2. The number of rotatable bonds is 12. The average Bonchev–Trinajstić information content (AvgIpc) is 2.90. The summed E-state index contributed by atoms with van der Waals surface area (Å²) >= 11 is 0. The van der Waals surface area contributed by atoms with Crippen molar-refractivity contribution in [1.82, 2.24) is 15.6 Å². The predicted molar refractivity (Wildman–Crippen MR) is 153 cm³/mol. The lowest BCUT2D eigenvalue weighted by Gasteiger charge is -2.20. The lowest BCUT2D eigenvalue weighted by Crippen LogP contribution is -2.29. The first-order valence-electron chi connectivity index (χ1n) is 12.6. The van der Waals surface area contributed by atoms with E-state index < -0.39 is 11.7 Å². The number of hydrogen-bond donors (Lipinski definition) is 3. The van der Waals surface area contributed by atoms with E-state index in [2.05, 4.69) is 20.6 Å². The highest BCUT2D eigenvalue weighted by atomic mass is 19.1. The number of nitrogens with zero attached hydrogens (tertiary/aromatic N) is 3. The topological polar surface area (TPSA) is 122 Å². The fourth-order valence-electron chi connectivity index (χ4n) is 3.59. The van der Waals surface area contributed by atoms with Crippen LogP contribution in [0, 0.1) is 5.82 Å². The number of pyridine rings is 1. The Hall–Kier alpha value is -4.31. The van der Waals surface area contributed by atoms with Crippen LogP contribution in [0.4, 0.5) is 10.1 Å². The maximum absolute atomic E-state index is 14.9. The summed E-state index contributed by atoms with van der Waals surface area (Å²) in [7, 11) is 1.95. The van der Waals surface area contributed by atoms with Crippen molar-refractivity contribution in [3.05, 3.63) is 71.9 Å². The number of aliphatic imine (C=N–C) groups is 1. The Balaban J connectivity index is 1.71. The number of amides is 1. The molecule has 0 aliphatic rings. The summed E-state index contributed by atoms with van der Waals surface area (Å²) in [6.45, 7) is 7.42. The molecule has 0 bridgehead atoms. The van der Waals surface area contributed by atoms with Gasteiger partial charge in [-0.15, -0.1) is 0 Å². The normalized spacial score (nSPS) is 12.1. The Bertz CT molecular complexity index is 1370. The minimum absolute atomic E-state index is 0.178. The van der Waals surface area contributed by atoms with Gasteiger partial charge in [-0.25, -0.2) is 4.39 Å². The van der Waals surface area contributed by atoms with Gasteiger partial charge < -0.3 is 30.8 Å². The van der Waals surface area contributed by atoms with E-state index >= 15 is 0 Å².